The molecule has 0 atom stereocenters. The molecule has 1 aromatic carbocycles. The fourth-order valence-electron chi connectivity index (χ4n) is 1.75. The molecule has 19 heavy (non-hydrogen) atoms. The Bertz CT molecular complexity index is 696. The van der Waals surface area contributed by atoms with E-state index in [9.17, 15) is 8.42 Å². The maximum absolute atomic E-state index is 12.4. The molecule has 2 aromatic rings. The molecule has 0 aliphatic rings. The standard InChI is InChI=1S/C12H13BrN2O2S2/c1-8-7-18-11(6-14)12(8)19(16,17)15-10-4-2-3-9(13)5-10/h2-5,7,15H,6,14H2,1H3. The molecule has 0 aliphatic carbocycles. The number of halogens is 1. The Hall–Kier alpha value is -0.890. The highest BCUT2D eigenvalue weighted by Crippen LogP contribution is 2.28. The number of anilines is 1. The number of aryl methyl sites for hydroxylation is 1. The van der Waals surface area contributed by atoms with Gasteiger partial charge in [-0.3, -0.25) is 4.72 Å². The summed E-state index contributed by atoms with van der Waals surface area (Å²) in [6.45, 7) is 1.98. The van der Waals surface area contributed by atoms with E-state index in [2.05, 4.69) is 20.7 Å². The highest BCUT2D eigenvalue weighted by atomic mass is 79.9. The highest BCUT2D eigenvalue weighted by molar-refractivity contribution is 9.10. The molecule has 4 nitrogen and oxygen atoms in total. The van der Waals surface area contributed by atoms with Gasteiger partial charge in [0, 0.05) is 21.6 Å². The van der Waals surface area contributed by atoms with Crippen LogP contribution in [0.15, 0.2) is 39.0 Å². The Morgan fingerprint density at radius 3 is 2.79 bits per heavy atom. The second-order valence-corrected chi connectivity index (χ2v) is 7.49. The van der Waals surface area contributed by atoms with Crippen molar-refractivity contribution < 1.29 is 8.42 Å². The minimum absolute atomic E-state index is 0.216. The van der Waals surface area contributed by atoms with Crippen molar-refractivity contribution in [1.82, 2.24) is 0 Å². The highest BCUT2D eigenvalue weighted by Gasteiger charge is 2.22. The largest absolute Gasteiger partial charge is 0.326 e. The molecule has 0 bridgehead atoms. The minimum atomic E-state index is -3.60. The first kappa shape index (κ1) is 14.5. The molecule has 102 valence electrons. The van der Waals surface area contributed by atoms with Crippen molar-refractivity contribution in [2.75, 3.05) is 4.72 Å². The lowest BCUT2D eigenvalue weighted by Gasteiger charge is -2.09. The van der Waals surface area contributed by atoms with Crippen LogP contribution >= 0.6 is 27.3 Å². The predicted octanol–water partition coefficient (Wildman–Crippen LogP) is 3.08. The van der Waals surface area contributed by atoms with Gasteiger partial charge in [-0.05, 0) is 36.1 Å². The summed E-state index contributed by atoms with van der Waals surface area (Å²) in [5.41, 5.74) is 6.82. The van der Waals surface area contributed by atoms with Crippen LogP contribution in [0.4, 0.5) is 5.69 Å². The van der Waals surface area contributed by atoms with Gasteiger partial charge in [0.2, 0.25) is 0 Å². The van der Waals surface area contributed by atoms with Crippen LogP contribution < -0.4 is 10.5 Å². The van der Waals surface area contributed by atoms with Crippen LogP contribution in [0, 0.1) is 6.92 Å². The average molecular weight is 361 g/mol. The number of hydrogen-bond donors (Lipinski definition) is 2. The lowest BCUT2D eigenvalue weighted by Crippen LogP contribution is -2.15. The summed E-state index contributed by atoms with van der Waals surface area (Å²) < 4.78 is 28.2. The van der Waals surface area contributed by atoms with Crippen LogP contribution in [0.1, 0.15) is 10.4 Å². The van der Waals surface area contributed by atoms with Crippen LogP contribution in [0.5, 0.6) is 0 Å². The molecule has 0 amide bonds. The van der Waals surface area contributed by atoms with Gasteiger partial charge in [-0.25, -0.2) is 8.42 Å². The smallest absolute Gasteiger partial charge is 0.263 e. The topological polar surface area (TPSA) is 72.2 Å². The number of thiophene rings is 1. The van der Waals surface area contributed by atoms with Crippen LogP contribution in [-0.4, -0.2) is 8.42 Å². The maximum Gasteiger partial charge on any atom is 0.263 e. The summed E-state index contributed by atoms with van der Waals surface area (Å²) in [5, 5.41) is 1.80. The first-order valence-electron chi connectivity index (χ1n) is 5.49. The SMILES string of the molecule is Cc1csc(CN)c1S(=O)(=O)Nc1cccc(Br)c1. The van der Waals surface area contributed by atoms with E-state index >= 15 is 0 Å². The molecule has 0 saturated heterocycles. The first-order valence-corrected chi connectivity index (χ1v) is 8.65. The summed E-state index contributed by atoms with van der Waals surface area (Å²) in [7, 11) is -3.60. The molecule has 7 heteroatoms. The van der Waals surface area contributed by atoms with Crippen molar-refractivity contribution in [3.05, 3.63) is 44.6 Å². The third-order valence-corrected chi connectivity index (χ3v) is 5.88. The minimum Gasteiger partial charge on any atom is -0.326 e. The van der Waals surface area contributed by atoms with Crippen molar-refractivity contribution >= 4 is 43.0 Å². The number of sulfonamides is 1. The quantitative estimate of drug-likeness (QED) is 0.879. The van der Waals surface area contributed by atoms with E-state index in [1.807, 2.05) is 6.07 Å². The molecule has 0 saturated carbocycles. The van der Waals surface area contributed by atoms with Gasteiger partial charge in [-0.2, -0.15) is 0 Å². The predicted molar refractivity (Wildman–Crippen MR) is 81.9 cm³/mol. The van der Waals surface area contributed by atoms with Crippen LogP contribution in [0.25, 0.3) is 0 Å². The van der Waals surface area contributed by atoms with Gasteiger partial charge in [0.15, 0.2) is 0 Å². The lowest BCUT2D eigenvalue weighted by atomic mass is 10.3. The zero-order chi connectivity index (χ0) is 14.0. The normalized spacial score (nSPS) is 11.5. The van der Waals surface area contributed by atoms with Gasteiger partial charge in [0.1, 0.15) is 4.90 Å². The molecule has 1 aromatic heterocycles. The second-order valence-electron chi connectivity index (χ2n) is 3.99. The van der Waals surface area contributed by atoms with Gasteiger partial charge >= 0.3 is 0 Å². The molecule has 0 spiro atoms. The van der Waals surface area contributed by atoms with E-state index in [0.717, 1.165) is 4.47 Å². The zero-order valence-electron chi connectivity index (χ0n) is 10.2. The Morgan fingerprint density at radius 1 is 1.42 bits per heavy atom. The Kier molecular flexibility index (Phi) is 4.29. The summed E-state index contributed by atoms with van der Waals surface area (Å²) >= 11 is 4.67. The van der Waals surface area contributed by atoms with E-state index in [4.69, 9.17) is 5.73 Å². The monoisotopic (exact) mass is 360 g/mol. The van der Waals surface area contributed by atoms with Crippen LogP contribution in [-0.2, 0) is 16.6 Å². The van der Waals surface area contributed by atoms with E-state index in [1.54, 1.807) is 30.5 Å². The summed E-state index contributed by atoms with van der Waals surface area (Å²) in [6, 6.07) is 7.01. The average Bonchev–Trinajstić information content (AvgIpc) is 2.70. The molecule has 0 fully saturated rings. The molecule has 1 heterocycles. The molecular weight excluding hydrogens is 348 g/mol. The summed E-state index contributed by atoms with van der Waals surface area (Å²) in [6.07, 6.45) is 0. The van der Waals surface area contributed by atoms with Crippen molar-refractivity contribution in [2.24, 2.45) is 5.73 Å². The Balaban J connectivity index is 2.40. The molecule has 0 aliphatic heterocycles. The molecule has 0 radical (unpaired) electrons. The molecule has 0 unspecified atom stereocenters. The number of nitrogens with two attached hydrogens (primary N) is 1. The van der Waals surface area contributed by atoms with E-state index in [1.165, 1.54) is 11.3 Å². The Labute approximate surface area is 124 Å². The maximum atomic E-state index is 12.4. The van der Waals surface area contributed by atoms with Crippen LogP contribution in [0.2, 0.25) is 0 Å². The number of benzene rings is 1. The summed E-state index contributed by atoms with van der Waals surface area (Å²) in [4.78, 5) is 0.958. The van der Waals surface area contributed by atoms with E-state index in [-0.39, 0.29) is 6.54 Å². The van der Waals surface area contributed by atoms with Gasteiger partial charge in [-0.15, -0.1) is 11.3 Å². The van der Waals surface area contributed by atoms with Gasteiger partial charge in [0.25, 0.3) is 10.0 Å². The number of rotatable bonds is 4. The van der Waals surface area contributed by atoms with E-state index in [0.29, 0.717) is 21.0 Å². The third kappa shape index (κ3) is 3.17. The van der Waals surface area contributed by atoms with Gasteiger partial charge in [-0.1, -0.05) is 22.0 Å². The van der Waals surface area contributed by atoms with Crippen LogP contribution in [0.3, 0.4) is 0 Å². The van der Waals surface area contributed by atoms with E-state index < -0.39 is 10.0 Å². The second kappa shape index (κ2) is 5.62. The van der Waals surface area contributed by atoms with Gasteiger partial charge < -0.3 is 5.73 Å². The molecule has 2 rings (SSSR count). The molecular formula is C12H13BrN2O2S2. The van der Waals surface area contributed by atoms with Crippen molar-refractivity contribution in [3.8, 4) is 0 Å². The number of nitrogens with one attached hydrogen (secondary N) is 1. The van der Waals surface area contributed by atoms with Gasteiger partial charge in [0.05, 0.1) is 0 Å². The fraction of sp³-hybridized carbons (Fsp3) is 0.167. The van der Waals surface area contributed by atoms with Crippen molar-refractivity contribution in [1.29, 1.82) is 0 Å². The third-order valence-electron chi connectivity index (χ3n) is 2.52. The number of hydrogen-bond acceptors (Lipinski definition) is 4. The van der Waals surface area contributed by atoms with Crippen molar-refractivity contribution in [3.63, 3.8) is 0 Å². The fourth-order valence-corrected chi connectivity index (χ4v) is 4.90. The zero-order valence-corrected chi connectivity index (χ0v) is 13.4. The summed E-state index contributed by atoms with van der Waals surface area (Å²) in [5.74, 6) is 0. The first-order chi connectivity index (χ1) is 8.94. The van der Waals surface area contributed by atoms with Crippen molar-refractivity contribution in [2.45, 2.75) is 18.4 Å². The molecule has 3 N–H and O–H groups in total. The Morgan fingerprint density at radius 2 is 2.16 bits per heavy atom. The lowest BCUT2D eigenvalue weighted by molar-refractivity contribution is 0.600.